The number of methoxy groups -OCH3 is 1. The summed E-state index contributed by atoms with van der Waals surface area (Å²) in [6.07, 6.45) is 3.58. The number of nitrogens with one attached hydrogen (secondary N) is 2. The normalized spacial score (nSPS) is 18.5. The van der Waals surface area contributed by atoms with Crippen molar-refractivity contribution in [2.45, 2.75) is 19.3 Å². The maximum absolute atomic E-state index is 11.8. The van der Waals surface area contributed by atoms with Gasteiger partial charge >= 0.3 is 0 Å². The summed E-state index contributed by atoms with van der Waals surface area (Å²) in [5, 5.41) is 8.21. The fourth-order valence-corrected chi connectivity index (χ4v) is 2.96. The zero-order chi connectivity index (χ0) is 12.8. The summed E-state index contributed by atoms with van der Waals surface area (Å²) in [5.74, 6) is 1.46. The molecular formula is C13H21ClN2O2S. The number of hydrogen-bond donors (Lipinski definition) is 2. The highest BCUT2D eigenvalue weighted by molar-refractivity contribution is 7.12. The molecule has 0 saturated carbocycles. The first-order chi connectivity index (χ1) is 8.79. The maximum atomic E-state index is 11.8. The molecule has 2 heterocycles. The fourth-order valence-electron chi connectivity index (χ4n) is 2.19. The molecule has 1 aliphatic heterocycles. The van der Waals surface area contributed by atoms with E-state index in [1.807, 2.05) is 5.38 Å². The predicted molar refractivity (Wildman–Crippen MR) is 80.7 cm³/mol. The van der Waals surface area contributed by atoms with Crippen LogP contribution >= 0.6 is 23.7 Å². The van der Waals surface area contributed by atoms with Gasteiger partial charge in [-0.3, -0.25) is 4.79 Å². The number of amides is 1. The van der Waals surface area contributed by atoms with E-state index in [1.54, 1.807) is 13.2 Å². The van der Waals surface area contributed by atoms with Crippen molar-refractivity contribution in [1.29, 1.82) is 0 Å². The van der Waals surface area contributed by atoms with E-state index in [4.69, 9.17) is 4.74 Å². The molecule has 1 aromatic rings. The van der Waals surface area contributed by atoms with Crippen molar-refractivity contribution in [3.05, 3.63) is 16.3 Å². The Morgan fingerprint density at radius 1 is 1.63 bits per heavy atom. The minimum atomic E-state index is 0. The van der Waals surface area contributed by atoms with Gasteiger partial charge in [0.05, 0.1) is 12.0 Å². The van der Waals surface area contributed by atoms with Gasteiger partial charge in [-0.25, -0.2) is 0 Å². The average molecular weight is 305 g/mol. The average Bonchev–Trinajstić information content (AvgIpc) is 2.89. The molecule has 0 spiro atoms. The lowest BCUT2D eigenvalue weighted by Gasteiger charge is -2.22. The SMILES string of the molecule is COc1csc(C(=O)NCCC2CCCNC2)c1.Cl. The van der Waals surface area contributed by atoms with Crippen LogP contribution in [-0.4, -0.2) is 32.7 Å². The summed E-state index contributed by atoms with van der Waals surface area (Å²) in [6, 6.07) is 1.78. The van der Waals surface area contributed by atoms with E-state index in [1.165, 1.54) is 24.2 Å². The van der Waals surface area contributed by atoms with E-state index in [0.29, 0.717) is 10.8 Å². The summed E-state index contributed by atoms with van der Waals surface area (Å²) in [6.45, 7) is 2.98. The number of halogens is 1. The number of carbonyl (C=O) groups excluding carboxylic acids is 1. The van der Waals surface area contributed by atoms with Crippen molar-refractivity contribution >= 4 is 29.7 Å². The summed E-state index contributed by atoms with van der Waals surface area (Å²) < 4.78 is 5.07. The van der Waals surface area contributed by atoms with Crippen LogP contribution in [0.4, 0.5) is 0 Å². The number of piperidine rings is 1. The summed E-state index contributed by atoms with van der Waals surface area (Å²) in [5.41, 5.74) is 0. The molecule has 1 amide bonds. The largest absolute Gasteiger partial charge is 0.496 e. The highest BCUT2D eigenvalue weighted by Crippen LogP contribution is 2.21. The van der Waals surface area contributed by atoms with Gasteiger partial charge < -0.3 is 15.4 Å². The molecule has 4 nitrogen and oxygen atoms in total. The van der Waals surface area contributed by atoms with Gasteiger partial charge in [0.15, 0.2) is 0 Å². The molecule has 19 heavy (non-hydrogen) atoms. The molecule has 1 unspecified atom stereocenters. The van der Waals surface area contributed by atoms with Crippen molar-refractivity contribution in [1.82, 2.24) is 10.6 Å². The van der Waals surface area contributed by atoms with Crippen LogP contribution in [0.1, 0.15) is 28.9 Å². The minimum Gasteiger partial charge on any atom is -0.496 e. The van der Waals surface area contributed by atoms with Gasteiger partial charge in [-0.2, -0.15) is 0 Å². The Balaban J connectivity index is 0.00000180. The second-order valence-electron chi connectivity index (χ2n) is 4.61. The van der Waals surface area contributed by atoms with Gasteiger partial charge in [0.2, 0.25) is 0 Å². The minimum absolute atomic E-state index is 0. The van der Waals surface area contributed by atoms with E-state index in [-0.39, 0.29) is 18.3 Å². The zero-order valence-electron chi connectivity index (χ0n) is 11.1. The fraction of sp³-hybridized carbons (Fsp3) is 0.615. The Kier molecular flexibility index (Phi) is 7.20. The van der Waals surface area contributed by atoms with E-state index in [0.717, 1.165) is 31.8 Å². The molecule has 108 valence electrons. The van der Waals surface area contributed by atoms with Gasteiger partial charge in [0.25, 0.3) is 5.91 Å². The van der Waals surface area contributed by atoms with Gasteiger partial charge in [-0.05, 0) is 38.3 Å². The van der Waals surface area contributed by atoms with Crippen molar-refractivity contribution in [2.24, 2.45) is 5.92 Å². The zero-order valence-corrected chi connectivity index (χ0v) is 12.7. The molecule has 0 radical (unpaired) electrons. The van der Waals surface area contributed by atoms with E-state index in [9.17, 15) is 4.79 Å². The lowest BCUT2D eigenvalue weighted by Crippen LogP contribution is -2.33. The van der Waals surface area contributed by atoms with E-state index >= 15 is 0 Å². The molecule has 1 aliphatic rings. The summed E-state index contributed by atoms with van der Waals surface area (Å²) in [4.78, 5) is 12.6. The molecule has 0 aromatic carbocycles. The molecular weight excluding hydrogens is 284 g/mol. The summed E-state index contributed by atoms with van der Waals surface area (Å²) in [7, 11) is 1.61. The third-order valence-electron chi connectivity index (χ3n) is 3.27. The first kappa shape index (κ1) is 16.3. The molecule has 0 aliphatic carbocycles. The third kappa shape index (κ3) is 5.01. The Hall–Kier alpha value is -0.780. The number of carbonyl (C=O) groups is 1. The molecule has 2 rings (SSSR count). The smallest absolute Gasteiger partial charge is 0.261 e. The van der Waals surface area contributed by atoms with Crippen LogP contribution in [0.2, 0.25) is 0 Å². The monoisotopic (exact) mass is 304 g/mol. The number of thiophene rings is 1. The molecule has 1 fully saturated rings. The van der Waals surface area contributed by atoms with Gasteiger partial charge in [0, 0.05) is 18.0 Å². The molecule has 1 atom stereocenters. The lowest BCUT2D eigenvalue weighted by molar-refractivity contribution is 0.0954. The topological polar surface area (TPSA) is 50.4 Å². The van der Waals surface area contributed by atoms with Crippen molar-refractivity contribution in [3.63, 3.8) is 0 Å². The quantitative estimate of drug-likeness (QED) is 0.877. The third-order valence-corrected chi connectivity index (χ3v) is 4.18. The lowest BCUT2D eigenvalue weighted by atomic mass is 9.96. The number of ether oxygens (including phenoxy) is 1. The molecule has 2 N–H and O–H groups in total. The molecule has 0 bridgehead atoms. The van der Waals surface area contributed by atoms with Crippen LogP contribution in [0, 0.1) is 5.92 Å². The predicted octanol–water partition coefficient (Wildman–Crippen LogP) is 2.30. The second kappa shape index (κ2) is 8.40. The Bertz CT molecular complexity index is 392. The Morgan fingerprint density at radius 2 is 2.47 bits per heavy atom. The number of hydrogen-bond acceptors (Lipinski definition) is 4. The van der Waals surface area contributed by atoms with E-state index in [2.05, 4.69) is 10.6 Å². The second-order valence-corrected chi connectivity index (χ2v) is 5.52. The van der Waals surface area contributed by atoms with Gasteiger partial charge in [-0.15, -0.1) is 23.7 Å². The van der Waals surface area contributed by atoms with Gasteiger partial charge in [-0.1, -0.05) is 0 Å². The molecule has 1 aromatic heterocycles. The molecule has 6 heteroatoms. The Labute approximate surface area is 124 Å². The van der Waals surface area contributed by atoms with Crippen LogP contribution in [0.15, 0.2) is 11.4 Å². The molecule has 1 saturated heterocycles. The van der Waals surface area contributed by atoms with Gasteiger partial charge in [0.1, 0.15) is 5.75 Å². The highest BCUT2D eigenvalue weighted by atomic mass is 35.5. The standard InChI is InChI=1S/C13H20N2O2S.ClH/c1-17-11-7-12(18-9-11)13(16)15-6-4-10-3-2-5-14-8-10;/h7,9-10,14H,2-6,8H2,1H3,(H,15,16);1H. The van der Waals surface area contributed by atoms with Crippen LogP contribution in [0.25, 0.3) is 0 Å². The van der Waals surface area contributed by atoms with Crippen molar-refractivity contribution < 1.29 is 9.53 Å². The summed E-state index contributed by atoms with van der Waals surface area (Å²) >= 11 is 1.42. The maximum Gasteiger partial charge on any atom is 0.261 e. The van der Waals surface area contributed by atoms with E-state index < -0.39 is 0 Å². The van der Waals surface area contributed by atoms with Crippen LogP contribution in [-0.2, 0) is 0 Å². The number of rotatable bonds is 5. The Morgan fingerprint density at radius 3 is 3.11 bits per heavy atom. The van der Waals surface area contributed by atoms with Crippen molar-refractivity contribution in [2.75, 3.05) is 26.7 Å². The first-order valence-corrected chi connectivity index (χ1v) is 7.29. The van der Waals surface area contributed by atoms with Crippen molar-refractivity contribution in [3.8, 4) is 5.75 Å². The van der Waals surface area contributed by atoms with Crippen LogP contribution < -0.4 is 15.4 Å². The first-order valence-electron chi connectivity index (χ1n) is 6.41. The highest BCUT2D eigenvalue weighted by Gasteiger charge is 2.14. The van der Waals surface area contributed by atoms with Crippen LogP contribution in [0.5, 0.6) is 5.75 Å². The van der Waals surface area contributed by atoms with Crippen LogP contribution in [0.3, 0.4) is 0 Å².